The number of nitrogens with one attached hydrogen (secondary N) is 1. The van der Waals surface area contributed by atoms with Crippen LogP contribution in [-0.4, -0.2) is 36.1 Å². The minimum atomic E-state index is 0.620. The number of nitrogens with zero attached hydrogens (tertiary/aromatic N) is 1. The van der Waals surface area contributed by atoms with E-state index >= 15 is 0 Å². The van der Waals surface area contributed by atoms with Crippen molar-refractivity contribution in [3.05, 3.63) is 33.8 Å². The molecule has 1 aromatic carbocycles. The summed E-state index contributed by atoms with van der Waals surface area (Å²) < 4.78 is 1.22. The summed E-state index contributed by atoms with van der Waals surface area (Å²) >= 11 is 3.58. The van der Waals surface area contributed by atoms with Crippen LogP contribution in [0.2, 0.25) is 0 Å². The predicted molar refractivity (Wildman–Crippen MR) is 83.6 cm³/mol. The van der Waals surface area contributed by atoms with Gasteiger partial charge in [0, 0.05) is 35.7 Å². The molecule has 1 aliphatic heterocycles. The number of aryl methyl sites for hydroxylation is 1. The van der Waals surface area contributed by atoms with Gasteiger partial charge in [-0.05, 0) is 56.4 Å². The molecule has 3 unspecified atom stereocenters. The van der Waals surface area contributed by atoms with Gasteiger partial charge in [-0.25, -0.2) is 0 Å². The monoisotopic (exact) mass is 322 g/mol. The lowest BCUT2D eigenvalue weighted by molar-refractivity contribution is 0.113. The predicted octanol–water partition coefficient (Wildman–Crippen LogP) is 2.99. The van der Waals surface area contributed by atoms with Gasteiger partial charge in [-0.1, -0.05) is 22.0 Å². The molecule has 104 valence electrons. The van der Waals surface area contributed by atoms with Gasteiger partial charge in [0.25, 0.3) is 0 Å². The molecule has 0 bridgehead atoms. The molecule has 1 saturated heterocycles. The zero-order chi connectivity index (χ0) is 13.4. The normalized spacial score (nSPS) is 32.1. The fourth-order valence-electron chi connectivity index (χ4n) is 3.68. The number of hydrogen-bond acceptors (Lipinski definition) is 2. The van der Waals surface area contributed by atoms with E-state index < -0.39 is 0 Å². The summed E-state index contributed by atoms with van der Waals surface area (Å²) in [5.41, 5.74) is 3.10. The van der Waals surface area contributed by atoms with Gasteiger partial charge in [0.15, 0.2) is 0 Å². The van der Waals surface area contributed by atoms with Crippen LogP contribution in [0.5, 0.6) is 0 Å². The Labute approximate surface area is 124 Å². The van der Waals surface area contributed by atoms with Gasteiger partial charge in [-0.3, -0.25) is 4.90 Å². The van der Waals surface area contributed by atoms with Crippen molar-refractivity contribution in [2.45, 2.75) is 51.2 Å². The first kappa shape index (κ1) is 13.6. The maximum atomic E-state index is 3.63. The van der Waals surface area contributed by atoms with Gasteiger partial charge >= 0.3 is 0 Å². The van der Waals surface area contributed by atoms with Crippen molar-refractivity contribution in [1.29, 1.82) is 0 Å². The molecule has 3 rings (SSSR count). The maximum absolute atomic E-state index is 3.63. The molecule has 1 N–H and O–H groups in total. The first-order chi connectivity index (χ1) is 9.11. The molecular weight excluding hydrogens is 300 g/mol. The molecule has 19 heavy (non-hydrogen) atoms. The molecular formula is C16H23BrN2. The van der Waals surface area contributed by atoms with Gasteiger partial charge < -0.3 is 5.32 Å². The Morgan fingerprint density at radius 2 is 1.89 bits per heavy atom. The molecule has 1 aromatic rings. The Morgan fingerprint density at radius 1 is 1.16 bits per heavy atom. The Balaban J connectivity index is 1.73. The molecule has 1 fully saturated rings. The van der Waals surface area contributed by atoms with E-state index in [0.29, 0.717) is 12.1 Å². The highest BCUT2D eigenvalue weighted by Gasteiger charge is 2.29. The minimum absolute atomic E-state index is 0.620. The highest BCUT2D eigenvalue weighted by molar-refractivity contribution is 9.10. The SMILES string of the molecule is CC1CN(C2CCc3cc(Br)ccc3C2)CC(C)N1. The molecule has 0 aromatic heterocycles. The summed E-state index contributed by atoms with van der Waals surface area (Å²) in [5, 5.41) is 3.63. The highest BCUT2D eigenvalue weighted by atomic mass is 79.9. The van der Waals surface area contributed by atoms with E-state index in [4.69, 9.17) is 0 Å². The number of piperazine rings is 1. The van der Waals surface area contributed by atoms with E-state index in [1.165, 1.54) is 36.8 Å². The maximum Gasteiger partial charge on any atom is 0.0178 e. The second kappa shape index (κ2) is 5.55. The molecule has 1 heterocycles. The molecule has 2 nitrogen and oxygen atoms in total. The minimum Gasteiger partial charge on any atom is -0.309 e. The van der Waals surface area contributed by atoms with Crippen molar-refractivity contribution in [2.24, 2.45) is 0 Å². The largest absolute Gasteiger partial charge is 0.309 e. The third kappa shape index (κ3) is 3.04. The lowest BCUT2D eigenvalue weighted by Gasteiger charge is -2.42. The summed E-state index contributed by atoms with van der Waals surface area (Å²) in [6.45, 7) is 6.99. The number of halogens is 1. The third-order valence-corrected chi connectivity index (χ3v) is 4.97. The first-order valence-electron chi connectivity index (χ1n) is 7.39. The number of fused-ring (bicyclic) bond motifs is 1. The topological polar surface area (TPSA) is 15.3 Å². The summed E-state index contributed by atoms with van der Waals surface area (Å²) in [5.74, 6) is 0. The number of rotatable bonds is 1. The van der Waals surface area contributed by atoms with Crippen LogP contribution in [0.4, 0.5) is 0 Å². The van der Waals surface area contributed by atoms with Gasteiger partial charge in [0.05, 0.1) is 0 Å². The smallest absolute Gasteiger partial charge is 0.0178 e. The van der Waals surface area contributed by atoms with E-state index in [1.54, 1.807) is 11.1 Å². The van der Waals surface area contributed by atoms with E-state index in [9.17, 15) is 0 Å². The molecule has 0 radical (unpaired) electrons. The molecule has 3 heteroatoms. The average Bonchev–Trinajstić information content (AvgIpc) is 2.37. The van der Waals surface area contributed by atoms with Crippen LogP contribution in [0.25, 0.3) is 0 Å². The highest BCUT2D eigenvalue weighted by Crippen LogP contribution is 2.28. The standard InChI is InChI=1S/C16H23BrN2/c1-11-9-19(10-12(2)18-11)16-6-4-13-7-15(17)5-3-14(13)8-16/h3,5,7,11-12,16,18H,4,6,8-10H2,1-2H3. The summed E-state index contributed by atoms with van der Waals surface area (Å²) in [6.07, 6.45) is 3.76. The fourth-order valence-corrected chi connectivity index (χ4v) is 4.09. The Bertz CT molecular complexity index is 450. The zero-order valence-electron chi connectivity index (χ0n) is 11.8. The van der Waals surface area contributed by atoms with E-state index in [0.717, 1.165) is 6.04 Å². The van der Waals surface area contributed by atoms with Crippen molar-refractivity contribution in [2.75, 3.05) is 13.1 Å². The fraction of sp³-hybridized carbons (Fsp3) is 0.625. The Morgan fingerprint density at radius 3 is 2.63 bits per heavy atom. The number of benzene rings is 1. The van der Waals surface area contributed by atoms with Crippen molar-refractivity contribution >= 4 is 15.9 Å². The molecule has 0 spiro atoms. The summed E-state index contributed by atoms with van der Waals surface area (Å²) in [6, 6.07) is 8.77. The van der Waals surface area contributed by atoms with Crippen molar-refractivity contribution in [3.8, 4) is 0 Å². The molecule has 0 amide bonds. The number of hydrogen-bond donors (Lipinski definition) is 1. The summed E-state index contributed by atoms with van der Waals surface area (Å²) in [7, 11) is 0. The van der Waals surface area contributed by atoms with Gasteiger partial charge in [-0.2, -0.15) is 0 Å². The summed E-state index contributed by atoms with van der Waals surface area (Å²) in [4.78, 5) is 2.71. The second-order valence-electron chi connectivity index (χ2n) is 6.23. The van der Waals surface area contributed by atoms with Crippen LogP contribution in [0.15, 0.2) is 22.7 Å². The van der Waals surface area contributed by atoms with Crippen molar-refractivity contribution in [1.82, 2.24) is 10.2 Å². The van der Waals surface area contributed by atoms with E-state index in [1.807, 2.05) is 0 Å². The van der Waals surface area contributed by atoms with Crippen LogP contribution in [-0.2, 0) is 12.8 Å². The van der Waals surface area contributed by atoms with E-state index in [-0.39, 0.29) is 0 Å². The molecule has 0 saturated carbocycles. The average molecular weight is 323 g/mol. The quantitative estimate of drug-likeness (QED) is 0.855. The molecule has 3 atom stereocenters. The van der Waals surface area contributed by atoms with Crippen LogP contribution in [0, 0.1) is 0 Å². The Kier molecular flexibility index (Phi) is 3.97. The first-order valence-corrected chi connectivity index (χ1v) is 8.18. The lowest BCUT2D eigenvalue weighted by atomic mass is 9.87. The van der Waals surface area contributed by atoms with Crippen LogP contribution in [0.3, 0.4) is 0 Å². The van der Waals surface area contributed by atoms with Gasteiger partial charge in [0.1, 0.15) is 0 Å². The van der Waals surface area contributed by atoms with Crippen molar-refractivity contribution in [3.63, 3.8) is 0 Å². The van der Waals surface area contributed by atoms with Crippen molar-refractivity contribution < 1.29 is 0 Å². The van der Waals surface area contributed by atoms with Crippen LogP contribution < -0.4 is 5.32 Å². The molecule has 2 aliphatic rings. The second-order valence-corrected chi connectivity index (χ2v) is 7.15. The zero-order valence-corrected chi connectivity index (χ0v) is 13.4. The Hall–Kier alpha value is -0.380. The third-order valence-electron chi connectivity index (χ3n) is 4.47. The van der Waals surface area contributed by atoms with E-state index in [2.05, 4.69) is 58.2 Å². The lowest BCUT2D eigenvalue weighted by Crippen LogP contribution is -2.57. The van der Waals surface area contributed by atoms with Crippen LogP contribution >= 0.6 is 15.9 Å². The van der Waals surface area contributed by atoms with Gasteiger partial charge in [0.2, 0.25) is 0 Å². The van der Waals surface area contributed by atoms with Crippen LogP contribution in [0.1, 0.15) is 31.4 Å². The van der Waals surface area contributed by atoms with Gasteiger partial charge in [-0.15, -0.1) is 0 Å². The molecule has 1 aliphatic carbocycles.